The first kappa shape index (κ1) is 13.6. The van der Waals surface area contributed by atoms with E-state index in [2.05, 4.69) is 15.3 Å². The predicted molar refractivity (Wildman–Crippen MR) is 75.6 cm³/mol. The van der Waals surface area contributed by atoms with E-state index in [0.717, 1.165) is 32.7 Å². The number of aromatic nitrogens is 2. The number of nitrogens with zero attached hydrogens (tertiary/aromatic N) is 3. The lowest BCUT2D eigenvalue weighted by atomic mass is 10.2. The summed E-state index contributed by atoms with van der Waals surface area (Å²) in [6.45, 7) is 5.57. The first-order chi connectivity index (χ1) is 9.70. The van der Waals surface area contributed by atoms with Crippen molar-refractivity contribution in [3.63, 3.8) is 0 Å². The summed E-state index contributed by atoms with van der Waals surface area (Å²) >= 11 is 0. The van der Waals surface area contributed by atoms with Crippen molar-refractivity contribution >= 4 is 11.7 Å². The Labute approximate surface area is 119 Å². The molecule has 6 nitrogen and oxygen atoms in total. The van der Waals surface area contributed by atoms with Crippen molar-refractivity contribution in [1.82, 2.24) is 14.7 Å². The van der Waals surface area contributed by atoms with Gasteiger partial charge in [-0.05, 0) is 19.3 Å². The van der Waals surface area contributed by atoms with Crippen molar-refractivity contribution in [2.75, 3.05) is 31.6 Å². The van der Waals surface area contributed by atoms with Gasteiger partial charge in [-0.2, -0.15) is 5.10 Å². The molecule has 2 unspecified atom stereocenters. The van der Waals surface area contributed by atoms with Crippen LogP contribution in [0.1, 0.15) is 32.2 Å². The molecule has 3 heterocycles. The molecule has 0 aromatic carbocycles. The second kappa shape index (κ2) is 5.93. The SMILES string of the molecule is CC(=O)Nc1ccn(C2CCN(CC3CCCO3)C2)n1. The fourth-order valence-corrected chi connectivity index (χ4v) is 3.06. The Kier molecular flexibility index (Phi) is 4.03. The number of amides is 1. The molecular weight excluding hydrogens is 256 g/mol. The Morgan fingerprint density at radius 3 is 3.20 bits per heavy atom. The highest BCUT2D eigenvalue weighted by Crippen LogP contribution is 2.23. The monoisotopic (exact) mass is 278 g/mol. The molecule has 2 fully saturated rings. The van der Waals surface area contributed by atoms with Crippen molar-refractivity contribution < 1.29 is 9.53 Å². The Morgan fingerprint density at radius 2 is 2.45 bits per heavy atom. The van der Waals surface area contributed by atoms with Gasteiger partial charge >= 0.3 is 0 Å². The zero-order valence-electron chi connectivity index (χ0n) is 11.9. The molecule has 2 aliphatic heterocycles. The molecule has 6 heteroatoms. The molecule has 1 N–H and O–H groups in total. The van der Waals surface area contributed by atoms with Crippen LogP contribution in [-0.2, 0) is 9.53 Å². The molecule has 2 saturated heterocycles. The number of nitrogens with one attached hydrogen (secondary N) is 1. The zero-order chi connectivity index (χ0) is 13.9. The van der Waals surface area contributed by atoms with Crippen molar-refractivity contribution in [2.45, 2.75) is 38.3 Å². The van der Waals surface area contributed by atoms with E-state index in [1.165, 1.54) is 19.8 Å². The summed E-state index contributed by atoms with van der Waals surface area (Å²) in [5, 5.41) is 7.14. The van der Waals surface area contributed by atoms with E-state index in [1.807, 2.05) is 16.9 Å². The second-order valence-corrected chi connectivity index (χ2v) is 5.70. The normalized spacial score (nSPS) is 27.1. The quantitative estimate of drug-likeness (QED) is 0.901. The Balaban J connectivity index is 1.53. The van der Waals surface area contributed by atoms with Crippen LogP contribution in [-0.4, -0.2) is 52.9 Å². The van der Waals surface area contributed by atoms with E-state index in [1.54, 1.807) is 0 Å². The third-order valence-electron chi connectivity index (χ3n) is 4.02. The van der Waals surface area contributed by atoms with Crippen molar-refractivity contribution in [1.29, 1.82) is 0 Å². The van der Waals surface area contributed by atoms with Crippen molar-refractivity contribution in [3.05, 3.63) is 12.3 Å². The molecule has 2 atom stereocenters. The molecule has 3 rings (SSSR count). The van der Waals surface area contributed by atoms with Gasteiger partial charge in [-0.25, -0.2) is 0 Å². The Morgan fingerprint density at radius 1 is 1.55 bits per heavy atom. The molecule has 0 aliphatic carbocycles. The fourth-order valence-electron chi connectivity index (χ4n) is 3.06. The third kappa shape index (κ3) is 3.19. The number of ether oxygens (including phenoxy) is 1. The molecule has 1 amide bonds. The highest BCUT2D eigenvalue weighted by molar-refractivity contribution is 5.87. The Bertz CT molecular complexity index is 467. The van der Waals surface area contributed by atoms with Gasteiger partial charge in [0.15, 0.2) is 5.82 Å². The summed E-state index contributed by atoms with van der Waals surface area (Å²) in [5.74, 6) is 0.553. The van der Waals surface area contributed by atoms with Gasteiger partial charge in [0.2, 0.25) is 5.91 Å². The molecule has 2 aliphatic rings. The van der Waals surface area contributed by atoms with Crippen molar-refractivity contribution in [2.24, 2.45) is 0 Å². The van der Waals surface area contributed by atoms with Gasteiger partial charge in [-0.15, -0.1) is 0 Å². The summed E-state index contributed by atoms with van der Waals surface area (Å²) in [7, 11) is 0. The van der Waals surface area contributed by atoms with Crippen LogP contribution >= 0.6 is 0 Å². The average Bonchev–Trinajstić information content (AvgIpc) is 3.09. The van der Waals surface area contributed by atoms with E-state index in [9.17, 15) is 4.79 Å². The zero-order valence-corrected chi connectivity index (χ0v) is 11.9. The van der Waals surface area contributed by atoms with Crippen molar-refractivity contribution in [3.8, 4) is 0 Å². The topological polar surface area (TPSA) is 59.4 Å². The maximum Gasteiger partial charge on any atom is 0.222 e. The minimum absolute atomic E-state index is 0.0818. The fraction of sp³-hybridized carbons (Fsp3) is 0.714. The van der Waals surface area contributed by atoms with Gasteiger partial charge in [0.05, 0.1) is 12.1 Å². The molecule has 0 saturated carbocycles. The first-order valence-electron chi connectivity index (χ1n) is 7.37. The average molecular weight is 278 g/mol. The second-order valence-electron chi connectivity index (χ2n) is 5.70. The van der Waals surface area contributed by atoms with Crippen LogP contribution in [0.15, 0.2) is 12.3 Å². The minimum atomic E-state index is -0.0818. The largest absolute Gasteiger partial charge is 0.377 e. The summed E-state index contributed by atoms with van der Waals surface area (Å²) in [6, 6.07) is 2.25. The number of likely N-dealkylation sites (tertiary alicyclic amines) is 1. The van der Waals surface area contributed by atoms with Crippen LogP contribution in [0.25, 0.3) is 0 Å². The van der Waals surface area contributed by atoms with Gasteiger partial charge in [0, 0.05) is 45.4 Å². The number of carbonyl (C=O) groups is 1. The van der Waals surface area contributed by atoms with Gasteiger partial charge < -0.3 is 10.1 Å². The molecule has 0 radical (unpaired) electrons. The van der Waals surface area contributed by atoms with E-state index in [4.69, 9.17) is 4.74 Å². The van der Waals surface area contributed by atoms with Crippen LogP contribution < -0.4 is 5.32 Å². The molecule has 20 heavy (non-hydrogen) atoms. The molecule has 0 spiro atoms. The van der Waals surface area contributed by atoms with Crippen LogP contribution in [0.3, 0.4) is 0 Å². The molecule has 110 valence electrons. The highest BCUT2D eigenvalue weighted by atomic mass is 16.5. The molecular formula is C14H22N4O2. The van der Waals surface area contributed by atoms with Crippen LogP contribution in [0.5, 0.6) is 0 Å². The van der Waals surface area contributed by atoms with Gasteiger partial charge in [-0.3, -0.25) is 14.4 Å². The molecule has 1 aromatic heterocycles. The van der Waals surface area contributed by atoms with Crippen LogP contribution in [0, 0.1) is 0 Å². The van der Waals surface area contributed by atoms with Gasteiger partial charge in [0.25, 0.3) is 0 Å². The third-order valence-corrected chi connectivity index (χ3v) is 4.02. The lowest BCUT2D eigenvalue weighted by Gasteiger charge is -2.19. The van der Waals surface area contributed by atoms with Gasteiger partial charge in [0.1, 0.15) is 0 Å². The maximum absolute atomic E-state index is 11.0. The van der Waals surface area contributed by atoms with Crippen LogP contribution in [0.2, 0.25) is 0 Å². The summed E-state index contributed by atoms with van der Waals surface area (Å²) < 4.78 is 7.67. The smallest absolute Gasteiger partial charge is 0.222 e. The summed E-state index contributed by atoms with van der Waals surface area (Å²) in [5.41, 5.74) is 0. The Hall–Kier alpha value is -1.40. The lowest BCUT2D eigenvalue weighted by Crippen LogP contribution is -2.30. The number of hydrogen-bond donors (Lipinski definition) is 1. The number of carbonyl (C=O) groups excluding carboxylic acids is 1. The maximum atomic E-state index is 11.0. The summed E-state index contributed by atoms with van der Waals surface area (Å²) in [6.07, 6.45) is 5.86. The highest BCUT2D eigenvalue weighted by Gasteiger charge is 2.27. The number of hydrogen-bond acceptors (Lipinski definition) is 4. The molecule has 0 bridgehead atoms. The van der Waals surface area contributed by atoms with E-state index < -0.39 is 0 Å². The lowest BCUT2D eigenvalue weighted by molar-refractivity contribution is -0.114. The standard InChI is InChI=1S/C14H22N4O2/c1-11(19)15-14-5-7-18(16-14)12-4-6-17(9-12)10-13-3-2-8-20-13/h5,7,12-13H,2-4,6,8-10H2,1H3,(H,15,16,19). The van der Waals surface area contributed by atoms with E-state index >= 15 is 0 Å². The number of anilines is 1. The van der Waals surface area contributed by atoms with E-state index in [-0.39, 0.29) is 5.91 Å². The molecule has 1 aromatic rings. The number of rotatable bonds is 4. The van der Waals surface area contributed by atoms with Gasteiger partial charge in [-0.1, -0.05) is 0 Å². The summed E-state index contributed by atoms with van der Waals surface area (Å²) in [4.78, 5) is 13.5. The van der Waals surface area contributed by atoms with E-state index in [0.29, 0.717) is 18.0 Å². The minimum Gasteiger partial charge on any atom is -0.377 e. The first-order valence-corrected chi connectivity index (χ1v) is 7.37. The predicted octanol–water partition coefficient (Wildman–Crippen LogP) is 1.27. The van der Waals surface area contributed by atoms with Crippen LogP contribution in [0.4, 0.5) is 5.82 Å².